The molecule has 1 aromatic carbocycles. The summed E-state index contributed by atoms with van der Waals surface area (Å²) in [5, 5.41) is 0. The number of rotatable bonds is 1. The predicted octanol–water partition coefficient (Wildman–Crippen LogP) is 2.18. The molecular formula is C13H13N3. The fraction of sp³-hybridized carbons (Fsp3) is 0.154. The molecule has 0 fully saturated rings. The Morgan fingerprint density at radius 3 is 2.38 bits per heavy atom. The van der Waals surface area contributed by atoms with Crippen molar-refractivity contribution < 1.29 is 0 Å². The van der Waals surface area contributed by atoms with Gasteiger partial charge in [0.15, 0.2) is 0 Å². The minimum atomic E-state index is 0.746. The molecule has 0 unspecified atom stereocenters. The first-order valence-corrected chi connectivity index (χ1v) is 5.36. The Bertz CT molecular complexity index is 497. The Morgan fingerprint density at radius 1 is 1.06 bits per heavy atom. The number of fused-ring (bicyclic) bond motifs is 1. The van der Waals surface area contributed by atoms with Crippen LogP contribution < -0.4 is 10.6 Å². The van der Waals surface area contributed by atoms with Gasteiger partial charge in [-0.3, -0.25) is 4.98 Å². The molecule has 0 spiro atoms. The molecule has 3 rings (SSSR count). The minimum absolute atomic E-state index is 0.746. The van der Waals surface area contributed by atoms with E-state index in [9.17, 15) is 0 Å². The maximum absolute atomic E-state index is 5.93. The third-order valence-corrected chi connectivity index (χ3v) is 3.01. The largest absolute Gasteiger partial charge is 0.396 e. The molecule has 3 heteroatoms. The van der Waals surface area contributed by atoms with E-state index >= 15 is 0 Å². The number of benzene rings is 1. The number of nitrogens with zero attached hydrogens (tertiary/aromatic N) is 2. The number of pyridine rings is 1. The van der Waals surface area contributed by atoms with Crippen LogP contribution in [0, 0.1) is 0 Å². The van der Waals surface area contributed by atoms with Gasteiger partial charge in [0.1, 0.15) is 0 Å². The van der Waals surface area contributed by atoms with Gasteiger partial charge in [-0.25, -0.2) is 0 Å². The quantitative estimate of drug-likeness (QED) is 0.786. The van der Waals surface area contributed by atoms with E-state index in [2.05, 4.69) is 34.1 Å². The lowest BCUT2D eigenvalue weighted by atomic mass is 10.1. The summed E-state index contributed by atoms with van der Waals surface area (Å²) in [4.78, 5) is 6.29. The van der Waals surface area contributed by atoms with Gasteiger partial charge in [0.2, 0.25) is 0 Å². The summed E-state index contributed by atoms with van der Waals surface area (Å²) in [6, 6.07) is 10.5. The van der Waals surface area contributed by atoms with Crippen LogP contribution in [0.2, 0.25) is 0 Å². The number of aromatic nitrogens is 1. The van der Waals surface area contributed by atoms with E-state index in [1.807, 2.05) is 6.07 Å². The highest BCUT2D eigenvalue weighted by atomic mass is 15.2. The summed E-state index contributed by atoms with van der Waals surface area (Å²) in [5.74, 6) is 0. The second kappa shape index (κ2) is 3.52. The molecule has 1 aromatic heterocycles. The van der Waals surface area contributed by atoms with E-state index in [0.29, 0.717) is 0 Å². The SMILES string of the molecule is Nc1cnccc1N1Cc2ccccc2C1. The highest BCUT2D eigenvalue weighted by Gasteiger charge is 2.19. The maximum Gasteiger partial charge on any atom is 0.0738 e. The van der Waals surface area contributed by atoms with Crippen LogP contribution >= 0.6 is 0 Å². The van der Waals surface area contributed by atoms with Crippen LogP contribution in [-0.2, 0) is 13.1 Å². The molecule has 16 heavy (non-hydrogen) atoms. The topological polar surface area (TPSA) is 42.1 Å². The van der Waals surface area contributed by atoms with Gasteiger partial charge in [0.05, 0.1) is 17.6 Å². The highest BCUT2D eigenvalue weighted by Crippen LogP contribution is 2.30. The van der Waals surface area contributed by atoms with Crippen molar-refractivity contribution in [2.24, 2.45) is 0 Å². The second-order valence-electron chi connectivity index (χ2n) is 4.06. The average Bonchev–Trinajstić information content (AvgIpc) is 2.73. The number of hydrogen-bond acceptors (Lipinski definition) is 3. The summed E-state index contributed by atoms with van der Waals surface area (Å²) < 4.78 is 0. The summed E-state index contributed by atoms with van der Waals surface area (Å²) in [6.07, 6.45) is 3.49. The lowest BCUT2D eigenvalue weighted by molar-refractivity contribution is 0.880. The molecule has 2 aromatic rings. The molecule has 0 aliphatic carbocycles. The van der Waals surface area contributed by atoms with Crippen molar-refractivity contribution in [3.05, 3.63) is 53.9 Å². The maximum atomic E-state index is 5.93. The first-order valence-electron chi connectivity index (χ1n) is 5.36. The van der Waals surface area contributed by atoms with Crippen molar-refractivity contribution >= 4 is 11.4 Å². The molecule has 80 valence electrons. The monoisotopic (exact) mass is 211 g/mol. The zero-order chi connectivity index (χ0) is 11.0. The van der Waals surface area contributed by atoms with Crippen molar-refractivity contribution in [1.82, 2.24) is 4.98 Å². The van der Waals surface area contributed by atoms with E-state index in [1.54, 1.807) is 12.4 Å². The average molecular weight is 211 g/mol. The van der Waals surface area contributed by atoms with E-state index in [-0.39, 0.29) is 0 Å². The molecule has 2 heterocycles. The van der Waals surface area contributed by atoms with E-state index in [4.69, 9.17) is 5.73 Å². The van der Waals surface area contributed by atoms with Crippen LogP contribution in [0.1, 0.15) is 11.1 Å². The van der Waals surface area contributed by atoms with Gasteiger partial charge in [-0.2, -0.15) is 0 Å². The van der Waals surface area contributed by atoms with E-state index < -0.39 is 0 Å². The van der Waals surface area contributed by atoms with Gasteiger partial charge in [-0.15, -0.1) is 0 Å². The van der Waals surface area contributed by atoms with Gasteiger partial charge >= 0.3 is 0 Å². The van der Waals surface area contributed by atoms with Crippen LogP contribution in [0.4, 0.5) is 11.4 Å². The molecule has 2 N–H and O–H groups in total. The zero-order valence-corrected chi connectivity index (χ0v) is 8.93. The molecule has 0 radical (unpaired) electrons. The molecular weight excluding hydrogens is 198 g/mol. The molecule has 1 aliphatic rings. The summed E-state index contributed by atoms with van der Waals surface area (Å²) in [7, 11) is 0. The van der Waals surface area contributed by atoms with Gasteiger partial charge < -0.3 is 10.6 Å². The number of anilines is 2. The summed E-state index contributed by atoms with van der Waals surface area (Å²) >= 11 is 0. The first kappa shape index (κ1) is 9.21. The molecule has 0 saturated carbocycles. The molecule has 0 bridgehead atoms. The van der Waals surface area contributed by atoms with E-state index in [0.717, 1.165) is 24.5 Å². The summed E-state index contributed by atoms with van der Waals surface area (Å²) in [5.41, 5.74) is 10.5. The van der Waals surface area contributed by atoms with Gasteiger partial charge in [0.25, 0.3) is 0 Å². The number of nitrogen functional groups attached to an aromatic ring is 1. The highest BCUT2D eigenvalue weighted by molar-refractivity contribution is 5.67. The zero-order valence-electron chi connectivity index (χ0n) is 8.93. The van der Waals surface area contributed by atoms with Crippen LogP contribution in [-0.4, -0.2) is 4.98 Å². The normalized spacial score (nSPS) is 13.9. The molecule has 0 atom stereocenters. The van der Waals surface area contributed by atoms with Crippen molar-refractivity contribution in [2.45, 2.75) is 13.1 Å². The molecule has 3 nitrogen and oxygen atoms in total. The molecule has 0 saturated heterocycles. The van der Waals surface area contributed by atoms with Crippen LogP contribution in [0.25, 0.3) is 0 Å². The molecule has 1 aliphatic heterocycles. The third-order valence-electron chi connectivity index (χ3n) is 3.01. The predicted molar refractivity (Wildman–Crippen MR) is 65.0 cm³/mol. The Labute approximate surface area is 94.5 Å². The van der Waals surface area contributed by atoms with Crippen molar-refractivity contribution in [1.29, 1.82) is 0 Å². The lowest BCUT2D eigenvalue weighted by Gasteiger charge is -2.19. The first-order chi connectivity index (χ1) is 7.84. The second-order valence-corrected chi connectivity index (χ2v) is 4.06. The van der Waals surface area contributed by atoms with Gasteiger partial charge in [-0.1, -0.05) is 24.3 Å². The van der Waals surface area contributed by atoms with Crippen LogP contribution in [0.3, 0.4) is 0 Å². The van der Waals surface area contributed by atoms with Crippen molar-refractivity contribution in [3.63, 3.8) is 0 Å². The smallest absolute Gasteiger partial charge is 0.0738 e. The Hall–Kier alpha value is -2.03. The number of nitrogens with two attached hydrogens (primary N) is 1. The Kier molecular flexibility index (Phi) is 2.03. The minimum Gasteiger partial charge on any atom is -0.396 e. The fourth-order valence-corrected chi connectivity index (χ4v) is 2.19. The van der Waals surface area contributed by atoms with E-state index in [1.165, 1.54) is 11.1 Å². The van der Waals surface area contributed by atoms with Crippen LogP contribution in [0.15, 0.2) is 42.7 Å². The lowest BCUT2D eigenvalue weighted by Crippen LogP contribution is -2.16. The Balaban J connectivity index is 1.95. The Morgan fingerprint density at radius 2 is 1.75 bits per heavy atom. The fourth-order valence-electron chi connectivity index (χ4n) is 2.19. The standard InChI is InChI=1S/C13H13N3/c14-12-7-15-6-5-13(12)16-8-10-3-1-2-4-11(10)9-16/h1-7H,8-9,14H2. The molecule has 0 amide bonds. The third kappa shape index (κ3) is 1.41. The summed E-state index contributed by atoms with van der Waals surface area (Å²) in [6.45, 7) is 1.87. The van der Waals surface area contributed by atoms with Gasteiger partial charge in [-0.05, 0) is 17.2 Å². The van der Waals surface area contributed by atoms with Crippen molar-refractivity contribution in [2.75, 3.05) is 10.6 Å². The number of hydrogen-bond donors (Lipinski definition) is 1. The van der Waals surface area contributed by atoms with Gasteiger partial charge in [0, 0.05) is 19.3 Å². The van der Waals surface area contributed by atoms with Crippen LogP contribution in [0.5, 0.6) is 0 Å². The van der Waals surface area contributed by atoms with Crippen molar-refractivity contribution in [3.8, 4) is 0 Å².